The molecule has 1 aromatic carbocycles. The maximum atomic E-state index is 14.6. The molecule has 0 saturated heterocycles. The van der Waals surface area contributed by atoms with Crippen molar-refractivity contribution in [3.63, 3.8) is 0 Å². The fourth-order valence-electron chi connectivity index (χ4n) is 5.21. The molecule has 11 heteroatoms. The van der Waals surface area contributed by atoms with Crippen LogP contribution in [-0.4, -0.2) is 36.4 Å². The van der Waals surface area contributed by atoms with E-state index in [0.717, 1.165) is 11.0 Å². The van der Waals surface area contributed by atoms with Gasteiger partial charge < -0.3 is 23.8 Å². The number of nitrogens with one attached hydrogen (secondary N) is 1. The van der Waals surface area contributed by atoms with Crippen molar-refractivity contribution in [3.8, 4) is 22.6 Å². The maximum Gasteiger partial charge on any atom is 0.293 e. The Morgan fingerprint density at radius 3 is 2.39 bits per heavy atom. The zero-order valence-corrected chi connectivity index (χ0v) is 21.0. The van der Waals surface area contributed by atoms with Gasteiger partial charge in [0.2, 0.25) is 0 Å². The van der Waals surface area contributed by atoms with Gasteiger partial charge in [-0.1, -0.05) is 0 Å². The van der Waals surface area contributed by atoms with Crippen LogP contribution < -0.4 is 15.9 Å². The summed E-state index contributed by atoms with van der Waals surface area (Å²) in [6.07, 6.45) is 2.49. The number of halogens is 3. The van der Waals surface area contributed by atoms with Gasteiger partial charge in [-0.05, 0) is 43.7 Å². The van der Waals surface area contributed by atoms with Crippen LogP contribution in [0.4, 0.5) is 13.2 Å². The molecular formula is C27H23F3N4O4. The molecular weight excluding hydrogens is 501 g/mol. The fraction of sp³-hybridized carbons (Fsp3) is 0.296. The SMILES string of the molecule is Cc1cc(F)cc2c1Oc1c(ccn(C)c1=O)-c1cn(C)c(=O)c3[nH]c(cc13)C(=O)N(C1(C)CC1(F)F)C2. The molecule has 1 aliphatic heterocycles. The standard InChI is InChI=1S/C27H23F3N4O4/c1-13-7-15(28)8-14-10-34(26(2)12-27(26,29)30)23(35)19-9-17-18(11-33(4)24(36)20(17)31-19)16-5-6-32(3)25(37)22(16)38-21(13)14/h5-9,11,31H,10,12H2,1-4H3. The van der Waals surface area contributed by atoms with Crippen molar-refractivity contribution >= 4 is 16.8 Å². The summed E-state index contributed by atoms with van der Waals surface area (Å²) in [5, 5.41) is 0.332. The number of pyridine rings is 2. The maximum absolute atomic E-state index is 14.6. The monoisotopic (exact) mass is 524 g/mol. The third kappa shape index (κ3) is 3.27. The predicted molar refractivity (Wildman–Crippen MR) is 133 cm³/mol. The predicted octanol–water partition coefficient (Wildman–Crippen LogP) is 4.23. The van der Waals surface area contributed by atoms with E-state index in [0.29, 0.717) is 22.1 Å². The summed E-state index contributed by atoms with van der Waals surface area (Å²) >= 11 is 0. The number of hydrogen-bond acceptors (Lipinski definition) is 4. The summed E-state index contributed by atoms with van der Waals surface area (Å²) in [6.45, 7) is 2.42. The number of rotatable bonds is 1. The van der Waals surface area contributed by atoms with Crippen molar-refractivity contribution < 1.29 is 22.7 Å². The van der Waals surface area contributed by atoms with Crippen LogP contribution in [0.2, 0.25) is 0 Å². The zero-order valence-electron chi connectivity index (χ0n) is 21.0. The number of carbonyl (C=O) groups is 1. The zero-order chi connectivity index (χ0) is 27.3. The summed E-state index contributed by atoms with van der Waals surface area (Å²) < 4.78 is 52.7. The van der Waals surface area contributed by atoms with Crippen molar-refractivity contribution in [2.24, 2.45) is 14.1 Å². The van der Waals surface area contributed by atoms with Crippen molar-refractivity contribution in [3.05, 3.63) is 80.0 Å². The third-order valence-corrected chi connectivity index (χ3v) is 7.63. The van der Waals surface area contributed by atoms with Crippen molar-refractivity contribution in [1.29, 1.82) is 0 Å². The van der Waals surface area contributed by atoms with Crippen LogP contribution in [-0.2, 0) is 20.6 Å². The van der Waals surface area contributed by atoms with Gasteiger partial charge in [0.15, 0.2) is 5.75 Å². The highest BCUT2D eigenvalue weighted by Gasteiger charge is 2.72. The lowest BCUT2D eigenvalue weighted by molar-refractivity contribution is 0.0225. The number of H-pyrrole nitrogens is 1. The topological polar surface area (TPSA) is 89.3 Å². The van der Waals surface area contributed by atoms with Crippen LogP contribution in [0.15, 0.2) is 46.2 Å². The van der Waals surface area contributed by atoms with E-state index in [4.69, 9.17) is 4.74 Å². The Hall–Kier alpha value is -4.28. The minimum absolute atomic E-state index is 0.0741. The Labute approximate surface area is 213 Å². The second kappa shape index (κ2) is 7.62. The van der Waals surface area contributed by atoms with Gasteiger partial charge in [0, 0.05) is 55.0 Å². The highest BCUT2D eigenvalue weighted by atomic mass is 19.3. The molecule has 1 N–H and O–H groups in total. The molecule has 2 aliphatic rings. The van der Waals surface area contributed by atoms with E-state index in [1.54, 1.807) is 26.2 Å². The lowest BCUT2D eigenvalue weighted by atomic mass is 10.0. The Kier molecular flexibility index (Phi) is 4.83. The lowest BCUT2D eigenvalue weighted by Crippen LogP contribution is -2.43. The van der Waals surface area contributed by atoms with E-state index >= 15 is 0 Å². The Morgan fingerprint density at radius 2 is 1.71 bits per heavy atom. The first-order chi connectivity index (χ1) is 17.8. The summed E-state index contributed by atoms with van der Waals surface area (Å²) in [5.41, 5.74) is -1.58. The molecule has 1 atom stereocenters. The van der Waals surface area contributed by atoms with Gasteiger partial charge in [-0.15, -0.1) is 0 Å². The molecule has 2 bridgehead atoms. The molecule has 0 radical (unpaired) electrons. The molecule has 8 nitrogen and oxygen atoms in total. The van der Waals surface area contributed by atoms with Crippen LogP contribution in [0.5, 0.6) is 11.5 Å². The van der Waals surface area contributed by atoms with Crippen LogP contribution in [0, 0.1) is 12.7 Å². The summed E-state index contributed by atoms with van der Waals surface area (Å²) in [7, 11) is 3.06. The van der Waals surface area contributed by atoms with Crippen LogP contribution in [0.3, 0.4) is 0 Å². The van der Waals surface area contributed by atoms with Gasteiger partial charge in [0.1, 0.15) is 28.3 Å². The first-order valence-electron chi connectivity index (χ1n) is 11.9. The number of fused-ring (bicyclic) bond motifs is 4. The first-order valence-corrected chi connectivity index (χ1v) is 11.9. The normalized spacial score (nSPS) is 20.0. The minimum atomic E-state index is -3.17. The first kappa shape index (κ1) is 24.1. The molecule has 1 aliphatic carbocycles. The number of amides is 1. The number of aryl methyl sites for hydroxylation is 3. The highest BCUT2D eigenvalue weighted by Crippen LogP contribution is 2.57. The summed E-state index contributed by atoms with van der Waals surface area (Å²) in [5.74, 6) is -4.58. The Balaban J connectivity index is 1.73. The van der Waals surface area contributed by atoms with E-state index in [2.05, 4.69) is 4.98 Å². The van der Waals surface area contributed by atoms with Crippen LogP contribution >= 0.6 is 0 Å². The molecule has 1 unspecified atom stereocenters. The number of benzene rings is 1. The number of nitrogens with zero attached hydrogens (tertiary/aromatic N) is 3. The molecule has 1 amide bonds. The average Bonchev–Trinajstić information content (AvgIpc) is 3.16. The van der Waals surface area contributed by atoms with E-state index in [1.807, 2.05) is 0 Å². The van der Waals surface area contributed by atoms with Crippen molar-refractivity contribution in [1.82, 2.24) is 19.0 Å². The van der Waals surface area contributed by atoms with Gasteiger partial charge in [-0.25, -0.2) is 13.2 Å². The number of aromatic nitrogens is 3. The number of hydrogen-bond donors (Lipinski definition) is 1. The molecule has 4 heterocycles. The highest BCUT2D eigenvalue weighted by molar-refractivity contribution is 6.03. The molecule has 1 saturated carbocycles. The largest absolute Gasteiger partial charge is 0.450 e. The third-order valence-electron chi connectivity index (χ3n) is 7.63. The quantitative estimate of drug-likeness (QED) is 0.404. The number of ether oxygens (including phenoxy) is 1. The number of carbonyl (C=O) groups excluding carboxylic acids is 1. The molecule has 3 aromatic heterocycles. The summed E-state index contributed by atoms with van der Waals surface area (Å²) in [4.78, 5) is 43.9. The Bertz CT molecular complexity index is 1820. The smallest absolute Gasteiger partial charge is 0.293 e. The average molecular weight is 524 g/mol. The number of aromatic amines is 1. The van der Waals surface area contributed by atoms with Gasteiger partial charge >= 0.3 is 0 Å². The second-order valence-corrected chi connectivity index (χ2v) is 10.3. The second-order valence-electron chi connectivity index (χ2n) is 10.3. The minimum Gasteiger partial charge on any atom is -0.450 e. The molecule has 6 rings (SSSR count). The van der Waals surface area contributed by atoms with Gasteiger partial charge in [-0.3, -0.25) is 14.4 Å². The number of alkyl halides is 2. The van der Waals surface area contributed by atoms with E-state index < -0.39 is 47.3 Å². The van der Waals surface area contributed by atoms with Gasteiger partial charge in [-0.2, -0.15) is 0 Å². The van der Waals surface area contributed by atoms with Gasteiger partial charge in [0.05, 0.1) is 6.54 Å². The van der Waals surface area contributed by atoms with Crippen molar-refractivity contribution in [2.45, 2.75) is 38.3 Å². The van der Waals surface area contributed by atoms with E-state index in [-0.39, 0.29) is 28.3 Å². The summed E-state index contributed by atoms with van der Waals surface area (Å²) in [6, 6.07) is 5.39. The molecule has 196 valence electrons. The van der Waals surface area contributed by atoms with Crippen molar-refractivity contribution in [2.75, 3.05) is 0 Å². The molecule has 4 aromatic rings. The van der Waals surface area contributed by atoms with Crippen LogP contribution in [0.25, 0.3) is 22.0 Å². The molecule has 38 heavy (non-hydrogen) atoms. The van der Waals surface area contributed by atoms with Gasteiger partial charge in [0.25, 0.3) is 22.9 Å². The van der Waals surface area contributed by atoms with E-state index in [9.17, 15) is 27.6 Å². The molecule has 0 spiro atoms. The molecule has 1 fully saturated rings. The fourth-order valence-corrected chi connectivity index (χ4v) is 5.21. The Morgan fingerprint density at radius 1 is 1.00 bits per heavy atom. The lowest BCUT2D eigenvalue weighted by Gasteiger charge is -2.30. The van der Waals surface area contributed by atoms with Crippen LogP contribution in [0.1, 0.15) is 35.0 Å². The van der Waals surface area contributed by atoms with E-state index in [1.165, 1.54) is 41.4 Å².